The van der Waals surface area contributed by atoms with Crippen LogP contribution in [0.1, 0.15) is 0 Å². The molecule has 0 fully saturated rings. The molecule has 0 amide bonds. The monoisotopic (exact) mass is 108 g/mol. The molecule has 0 spiro atoms. The summed E-state index contributed by atoms with van der Waals surface area (Å²) in [5.41, 5.74) is 0. The number of hydrogen-bond acceptors (Lipinski definition) is 2. The standard InChI is InChI=1S/CHO.HN.Zn/c1-2;;/h1H;1H;. The van der Waals surface area contributed by atoms with Gasteiger partial charge >= 0.3 is 30.7 Å². The van der Waals surface area contributed by atoms with E-state index in [0.29, 0.717) is 0 Å². The average Bonchev–Trinajstić information content (AvgIpc) is 1.37. The summed E-state index contributed by atoms with van der Waals surface area (Å²) in [6.07, 6.45) is 0. The van der Waals surface area contributed by atoms with Crippen LogP contribution in [0.15, 0.2) is 0 Å². The molecule has 3 heteroatoms. The fourth-order valence-corrected chi connectivity index (χ4v) is 0. The van der Waals surface area contributed by atoms with Crippen LogP contribution in [0.3, 0.4) is 0 Å². The Morgan fingerprint density at radius 1 is 2.00 bits per heavy atom. The predicted molar refractivity (Wildman–Crippen MR) is 9.47 cm³/mol. The van der Waals surface area contributed by atoms with Crippen LogP contribution in [-0.4, -0.2) is 4.88 Å². The van der Waals surface area contributed by atoms with Crippen LogP contribution in [0.25, 0.3) is 0 Å². The average molecular weight is 109 g/mol. The first-order valence-electron chi connectivity index (χ1n) is 0.998. The zero-order chi connectivity index (χ0) is 3.41. The summed E-state index contributed by atoms with van der Waals surface area (Å²) < 4.78 is 6.27. The Kier molecular flexibility index (Phi) is 3.17. The molecule has 4 heavy (non-hydrogen) atoms. The molecular weight excluding hydrogens is 107 g/mol. The van der Waals surface area contributed by atoms with Crippen molar-refractivity contribution in [2.24, 2.45) is 0 Å². The Labute approximate surface area is 31.4 Å². The number of rotatable bonds is 1. The van der Waals surface area contributed by atoms with E-state index in [9.17, 15) is 0 Å². The maximum absolute atomic E-state index is 9.07. The summed E-state index contributed by atoms with van der Waals surface area (Å²) in [5, 5.41) is 0. The molecule has 0 aliphatic rings. The molecule has 0 aliphatic carbocycles. The number of nitrogens with one attached hydrogen (secondary N) is 1. The van der Waals surface area contributed by atoms with Crippen molar-refractivity contribution in [1.82, 2.24) is 0 Å². The van der Waals surface area contributed by atoms with E-state index in [4.69, 9.17) is 8.89 Å². The van der Waals surface area contributed by atoms with Gasteiger partial charge in [-0.3, -0.25) is 0 Å². The van der Waals surface area contributed by atoms with Crippen molar-refractivity contribution < 1.29 is 21.7 Å². The van der Waals surface area contributed by atoms with E-state index in [1.54, 1.807) is 0 Å². The molecule has 0 saturated carbocycles. The van der Waals surface area contributed by atoms with Crippen molar-refractivity contribution in [3.05, 3.63) is 0 Å². The predicted octanol–water partition coefficient (Wildman–Crippen LogP) is 0.0215. The van der Waals surface area contributed by atoms with Gasteiger partial charge in [-0.25, -0.2) is 0 Å². The Balaban J connectivity index is 2.73. The minimum absolute atomic E-state index is 0.729. The fraction of sp³-hybridized carbons (Fsp3) is 0. The summed E-state index contributed by atoms with van der Waals surface area (Å²) in [5.74, 6) is 0. The molecule has 0 saturated heterocycles. The van der Waals surface area contributed by atoms with Gasteiger partial charge in [0.05, 0.1) is 0 Å². The van der Waals surface area contributed by atoms with Crippen LogP contribution < -0.4 is 0 Å². The van der Waals surface area contributed by atoms with Gasteiger partial charge in [-0.2, -0.15) is 0 Å². The normalized spacial score (nSPS) is 4.00. The van der Waals surface area contributed by atoms with Crippen LogP contribution in [0.2, 0.25) is 0 Å². The van der Waals surface area contributed by atoms with E-state index in [-0.39, 0.29) is 0 Å². The van der Waals surface area contributed by atoms with Gasteiger partial charge in [-0.05, 0) is 0 Å². The van der Waals surface area contributed by atoms with Gasteiger partial charge in [0.25, 0.3) is 0 Å². The number of hydrogen-bond donors (Lipinski definition) is 1. The SMILES string of the molecule is [NH]=[Zn][CH]=O. The Morgan fingerprint density at radius 2 is 2.25 bits per heavy atom. The molecule has 0 aromatic carbocycles. The zero-order valence-electron chi connectivity index (χ0n) is 2.19. The number of carbonyl (C=O) groups is 1. The molecule has 2 nitrogen and oxygen atoms in total. The number of carbonyl (C=O) groups excluding carboxylic acids is 1. The van der Waals surface area contributed by atoms with Crippen LogP contribution in [0.4, 0.5) is 0 Å². The van der Waals surface area contributed by atoms with Crippen LogP contribution >= 0.6 is 0 Å². The molecule has 0 aliphatic heterocycles. The summed E-state index contributed by atoms with van der Waals surface area (Å²) in [4.78, 5) is 9.80. The second kappa shape index (κ2) is 3.09. The second-order valence-corrected chi connectivity index (χ2v) is 1.93. The van der Waals surface area contributed by atoms with Crippen molar-refractivity contribution in [1.29, 1.82) is 4.10 Å². The van der Waals surface area contributed by atoms with E-state index >= 15 is 0 Å². The van der Waals surface area contributed by atoms with Gasteiger partial charge in [0.15, 0.2) is 0 Å². The fourth-order valence-electron chi connectivity index (χ4n) is 0. The molecule has 19 valence electrons. The van der Waals surface area contributed by atoms with Crippen LogP contribution in [0, 0.1) is 4.10 Å². The van der Waals surface area contributed by atoms with Crippen molar-refractivity contribution in [2.75, 3.05) is 0 Å². The third kappa shape index (κ3) is 2.09. The summed E-state index contributed by atoms with van der Waals surface area (Å²) in [7, 11) is 0. The summed E-state index contributed by atoms with van der Waals surface area (Å²) >= 11 is -1.32. The quantitative estimate of drug-likeness (QED) is 0.374. The van der Waals surface area contributed by atoms with E-state index in [0.717, 1.165) is 4.88 Å². The molecular formula is CH2NOZn. The maximum atomic E-state index is 9.07. The first kappa shape index (κ1) is 4.09. The third-order valence-corrected chi connectivity index (χ3v) is 0.433. The minimum atomic E-state index is -1.32. The van der Waals surface area contributed by atoms with Gasteiger partial charge in [0.2, 0.25) is 0 Å². The van der Waals surface area contributed by atoms with Gasteiger partial charge in [0, 0.05) is 0 Å². The Hall–Kier alpha value is 0.0934. The molecule has 1 N–H and O–H groups in total. The molecule has 0 atom stereocenters. The molecule has 0 aromatic rings. The van der Waals surface area contributed by atoms with E-state index in [2.05, 4.69) is 0 Å². The molecule has 0 bridgehead atoms. The first-order chi connectivity index (χ1) is 1.91. The topological polar surface area (TPSA) is 40.9 Å². The van der Waals surface area contributed by atoms with Gasteiger partial charge in [0.1, 0.15) is 0 Å². The van der Waals surface area contributed by atoms with Crippen LogP contribution in [-0.2, 0) is 21.7 Å². The summed E-state index contributed by atoms with van der Waals surface area (Å²) in [6.45, 7) is 0. The summed E-state index contributed by atoms with van der Waals surface area (Å²) in [6, 6.07) is 0. The van der Waals surface area contributed by atoms with E-state index < -0.39 is 16.9 Å². The molecule has 0 unspecified atom stereocenters. The van der Waals surface area contributed by atoms with Gasteiger partial charge < -0.3 is 0 Å². The molecule has 0 rings (SSSR count). The van der Waals surface area contributed by atoms with Crippen LogP contribution in [0.5, 0.6) is 0 Å². The first-order valence-corrected chi connectivity index (χ1v) is 4.19. The molecule has 0 heterocycles. The second-order valence-electron chi connectivity index (χ2n) is 0.371. The van der Waals surface area contributed by atoms with Crippen molar-refractivity contribution in [3.8, 4) is 0 Å². The van der Waals surface area contributed by atoms with Crippen molar-refractivity contribution in [3.63, 3.8) is 0 Å². The van der Waals surface area contributed by atoms with Crippen molar-refractivity contribution >= 4 is 4.88 Å². The van der Waals surface area contributed by atoms with E-state index in [1.165, 1.54) is 0 Å². The van der Waals surface area contributed by atoms with E-state index in [1.807, 2.05) is 0 Å². The van der Waals surface area contributed by atoms with Gasteiger partial charge in [-0.1, -0.05) is 0 Å². The Morgan fingerprint density at radius 3 is 2.25 bits per heavy atom. The molecule has 0 aromatic heterocycles. The van der Waals surface area contributed by atoms with Crippen molar-refractivity contribution in [2.45, 2.75) is 0 Å². The third-order valence-electron chi connectivity index (χ3n) is 0.0833. The zero-order valence-corrected chi connectivity index (χ0v) is 5.16. The van der Waals surface area contributed by atoms with Gasteiger partial charge in [-0.15, -0.1) is 0 Å². The molecule has 0 radical (unpaired) electrons. The Bertz CT molecular complexity index is 29.0.